The molecule has 5 rings (SSSR count). The van der Waals surface area contributed by atoms with E-state index in [0.717, 1.165) is 34.5 Å². The summed E-state index contributed by atoms with van der Waals surface area (Å²) < 4.78 is 1.73. The van der Waals surface area contributed by atoms with Crippen molar-refractivity contribution in [2.24, 2.45) is 7.05 Å². The Labute approximate surface area is 154 Å². The summed E-state index contributed by atoms with van der Waals surface area (Å²) >= 11 is 1.45. The van der Waals surface area contributed by atoms with Crippen LogP contribution in [-0.2, 0) is 19.9 Å². The van der Waals surface area contributed by atoms with Crippen molar-refractivity contribution in [1.82, 2.24) is 14.8 Å². The topological polar surface area (TPSA) is 59.8 Å². The summed E-state index contributed by atoms with van der Waals surface area (Å²) in [7, 11) is 1.86. The van der Waals surface area contributed by atoms with Crippen molar-refractivity contribution in [1.29, 1.82) is 0 Å². The summed E-state index contributed by atoms with van der Waals surface area (Å²) in [5.41, 5.74) is 4.91. The van der Waals surface area contributed by atoms with Gasteiger partial charge in [-0.2, -0.15) is 5.10 Å². The number of benzene rings is 2. The van der Waals surface area contributed by atoms with E-state index in [-0.39, 0.29) is 5.91 Å². The first-order valence-electron chi connectivity index (χ1n) is 8.48. The number of rotatable bonds is 3. The van der Waals surface area contributed by atoms with E-state index >= 15 is 0 Å². The molecule has 4 aromatic rings. The Hall–Kier alpha value is -2.99. The summed E-state index contributed by atoms with van der Waals surface area (Å²) in [5.74, 6) is -0.185. The van der Waals surface area contributed by atoms with Crippen LogP contribution in [0.4, 0.5) is 5.69 Å². The number of aryl methyl sites for hydroxylation is 3. The third-order valence-electron chi connectivity index (χ3n) is 4.81. The third kappa shape index (κ3) is 2.42. The van der Waals surface area contributed by atoms with Gasteiger partial charge in [0.1, 0.15) is 10.7 Å². The highest BCUT2D eigenvalue weighted by Gasteiger charge is 2.18. The van der Waals surface area contributed by atoms with Gasteiger partial charge in [0.2, 0.25) is 0 Å². The number of thiazole rings is 1. The molecule has 5 nitrogen and oxygen atoms in total. The van der Waals surface area contributed by atoms with Gasteiger partial charge in [-0.3, -0.25) is 9.48 Å². The van der Waals surface area contributed by atoms with Gasteiger partial charge in [-0.25, -0.2) is 4.98 Å². The monoisotopic (exact) mass is 360 g/mol. The maximum atomic E-state index is 12.7. The van der Waals surface area contributed by atoms with E-state index in [0.29, 0.717) is 5.69 Å². The summed E-state index contributed by atoms with van der Waals surface area (Å²) in [5, 5.41) is 12.2. The van der Waals surface area contributed by atoms with Crippen molar-refractivity contribution in [2.45, 2.75) is 12.8 Å². The fraction of sp³-hybridized carbons (Fsp3) is 0.150. The molecule has 0 spiro atoms. The average molecular weight is 360 g/mol. The summed E-state index contributed by atoms with van der Waals surface area (Å²) in [6, 6.07) is 10.4. The predicted octanol–water partition coefficient (Wildman–Crippen LogP) is 4.05. The molecule has 0 fully saturated rings. The molecule has 1 N–H and O–H groups in total. The molecular weight excluding hydrogens is 344 g/mol. The maximum absolute atomic E-state index is 12.7. The quantitative estimate of drug-likeness (QED) is 0.600. The zero-order chi connectivity index (χ0) is 17.7. The highest BCUT2D eigenvalue weighted by Crippen LogP contribution is 2.35. The number of amides is 1. The number of carbonyl (C=O) groups is 1. The van der Waals surface area contributed by atoms with E-state index in [2.05, 4.69) is 39.7 Å². The molecule has 6 heteroatoms. The lowest BCUT2D eigenvalue weighted by Gasteiger charge is -2.09. The molecule has 0 aliphatic heterocycles. The first-order chi connectivity index (χ1) is 12.7. The zero-order valence-electron chi connectivity index (χ0n) is 14.2. The largest absolute Gasteiger partial charge is 0.320 e. The number of nitrogens with zero attached hydrogens (tertiary/aromatic N) is 3. The van der Waals surface area contributed by atoms with E-state index in [9.17, 15) is 4.79 Å². The van der Waals surface area contributed by atoms with Gasteiger partial charge in [0, 0.05) is 35.3 Å². The number of hydrogen-bond donors (Lipinski definition) is 1. The minimum Gasteiger partial charge on any atom is -0.320 e. The minimum absolute atomic E-state index is 0.185. The minimum atomic E-state index is -0.185. The second kappa shape index (κ2) is 5.78. The van der Waals surface area contributed by atoms with Gasteiger partial charge in [0.25, 0.3) is 5.91 Å². The van der Waals surface area contributed by atoms with E-state index in [1.807, 2.05) is 19.3 Å². The van der Waals surface area contributed by atoms with Crippen LogP contribution in [0.5, 0.6) is 0 Å². The zero-order valence-corrected chi connectivity index (χ0v) is 15.0. The molecule has 2 aromatic heterocycles. The Morgan fingerprint density at radius 3 is 2.85 bits per heavy atom. The lowest BCUT2D eigenvalue weighted by molar-refractivity contribution is 0.102. The Morgan fingerprint density at radius 2 is 2.04 bits per heavy atom. The van der Waals surface area contributed by atoms with Gasteiger partial charge in [-0.1, -0.05) is 24.3 Å². The normalized spacial score (nSPS) is 12.7. The van der Waals surface area contributed by atoms with Crippen LogP contribution in [0.25, 0.3) is 21.3 Å². The van der Waals surface area contributed by atoms with Crippen molar-refractivity contribution >= 4 is 33.7 Å². The molecule has 1 aliphatic rings. The molecule has 0 saturated carbocycles. The van der Waals surface area contributed by atoms with Gasteiger partial charge in [-0.05, 0) is 35.4 Å². The van der Waals surface area contributed by atoms with Crippen LogP contribution in [-0.4, -0.2) is 20.7 Å². The SMILES string of the molecule is Cn1cc(-c2nc(C(=O)Nc3ccc4c5c(cccc35)CC4)cs2)cn1. The van der Waals surface area contributed by atoms with Crippen molar-refractivity contribution in [2.75, 3.05) is 5.32 Å². The first kappa shape index (κ1) is 15.3. The number of carbonyl (C=O) groups excluding carboxylic acids is 1. The molecule has 0 atom stereocenters. The van der Waals surface area contributed by atoms with Crippen LogP contribution >= 0.6 is 11.3 Å². The highest BCUT2D eigenvalue weighted by molar-refractivity contribution is 7.13. The molecule has 2 heterocycles. The van der Waals surface area contributed by atoms with Crippen LogP contribution in [0.3, 0.4) is 0 Å². The van der Waals surface area contributed by atoms with E-state index in [1.165, 1.54) is 27.8 Å². The Kier molecular flexibility index (Phi) is 3.39. The summed E-state index contributed by atoms with van der Waals surface area (Å²) in [6.07, 6.45) is 5.79. The number of aromatic nitrogens is 3. The third-order valence-corrected chi connectivity index (χ3v) is 5.71. The van der Waals surface area contributed by atoms with Gasteiger partial charge in [0.15, 0.2) is 0 Å². The fourth-order valence-corrected chi connectivity index (χ4v) is 4.36. The number of nitrogens with one attached hydrogen (secondary N) is 1. The second-order valence-corrected chi connectivity index (χ2v) is 7.36. The van der Waals surface area contributed by atoms with E-state index < -0.39 is 0 Å². The van der Waals surface area contributed by atoms with Crippen LogP contribution in [0, 0.1) is 0 Å². The smallest absolute Gasteiger partial charge is 0.275 e. The Bertz CT molecular complexity index is 1150. The average Bonchev–Trinajstić information content (AvgIpc) is 3.37. The van der Waals surface area contributed by atoms with E-state index in [1.54, 1.807) is 16.3 Å². The standard InChI is InChI=1S/C20H16N4OS/c1-24-10-14(9-21-24)20-23-17(11-26-20)19(25)22-16-8-7-13-6-5-12-3-2-4-15(16)18(12)13/h2-4,7-11H,5-6H2,1H3,(H,22,25). The fourth-order valence-electron chi connectivity index (χ4n) is 3.58. The molecule has 1 aliphatic carbocycles. The van der Waals surface area contributed by atoms with Crippen molar-refractivity contribution in [3.63, 3.8) is 0 Å². The van der Waals surface area contributed by atoms with Gasteiger partial charge in [0.05, 0.1) is 6.20 Å². The van der Waals surface area contributed by atoms with Crippen LogP contribution in [0.1, 0.15) is 21.6 Å². The lowest BCUT2D eigenvalue weighted by atomic mass is 10.0. The van der Waals surface area contributed by atoms with Gasteiger partial charge in [-0.15, -0.1) is 11.3 Å². The van der Waals surface area contributed by atoms with Crippen molar-refractivity contribution in [3.05, 3.63) is 64.9 Å². The first-order valence-corrected chi connectivity index (χ1v) is 9.36. The molecule has 0 saturated heterocycles. The van der Waals surface area contributed by atoms with E-state index in [4.69, 9.17) is 0 Å². The molecule has 26 heavy (non-hydrogen) atoms. The van der Waals surface area contributed by atoms with Crippen molar-refractivity contribution < 1.29 is 4.79 Å². The second-order valence-electron chi connectivity index (χ2n) is 6.51. The van der Waals surface area contributed by atoms with Crippen LogP contribution in [0.15, 0.2) is 48.1 Å². The maximum Gasteiger partial charge on any atom is 0.275 e. The molecule has 1 amide bonds. The Balaban J connectivity index is 1.47. The van der Waals surface area contributed by atoms with Gasteiger partial charge < -0.3 is 5.32 Å². The summed E-state index contributed by atoms with van der Waals surface area (Å²) in [4.78, 5) is 17.2. The Morgan fingerprint density at radius 1 is 1.19 bits per heavy atom. The molecular formula is C20H16N4OS. The van der Waals surface area contributed by atoms with Crippen LogP contribution < -0.4 is 5.32 Å². The highest BCUT2D eigenvalue weighted by atomic mass is 32.1. The van der Waals surface area contributed by atoms with Crippen LogP contribution in [0.2, 0.25) is 0 Å². The molecule has 0 radical (unpaired) electrons. The number of hydrogen-bond acceptors (Lipinski definition) is 4. The van der Waals surface area contributed by atoms with Crippen molar-refractivity contribution in [3.8, 4) is 10.6 Å². The lowest BCUT2D eigenvalue weighted by Crippen LogP contribution is -2.12. The summed E-state index contributed by atoms with van der Waals surface area (Å²) in [6.45, 7) is 0. The molecule has 0 unspecified atom stereocenters. The predicted molar refractivity (Wildman–Crippen MR) is 104 cm³/mol. The number of anilines is 1. The molecule has 0 bridgehead atoms. The molecule has 128 valence electrons. The van der Waals surface area contributed by atoms with Gasteiger partial charge >= 0.3 is 0 Å². The molecule has 2 aromatic carbocycles.